The molecular weight excluding hydrogens is 414 g/mol. The van der Waals surface area contributed by atoms with Crippen LogP contribution in [0.3, 0.4) is 0 Å². The number of carbonyl (C=O) groups excluding carboxylic acids is 1. The summed E-state index contributed by atoms with van der Waals surface area (Å²) in [5, 5.41) is 2.77. The van der Waals surface area contributed by atoms with E-state index in [1.54, 1.807) is 36.7 Å². The van der Waals surface area contributed by atoms with Gasteiger partial charge in [-0.05, 0) is 54.4 Å². The van der Waals surface area contributed by atoms with Crippen LogP contribution in [0.2, 0.25) is 0 Å². The Morgan fingerprint density at radius 2 is 1.61 bits per heavy atom. The molecule has 0 radical (unpaired) electrons. The summed E-state index contributed by atoms with van der Waals surface area (Å²) in [5.41, 5.74) is 3.47. The highest BCUT2D eigenvalue weighted by Crippen LogP contribution is 2.24. The van der Waals surface area contributed by atoms with Crippen molar-refractivity contribution in [1.82, 2.24) is 10.3 Å². The van der Waals surface area contributed by atoms with Crippen LogP contribution in [0.15, 0.2) is 73.1 Å². The number of hydrogen-bond donors (Lipinski definition) is 1. The van der Waals surface area contributed by atoms with Gasteiger partial charge in [-0.25, -0.2) is 8.42 Å². The number of sulfonamides is 1. The highest BCUT2D eigenvalue weighted by Gasteiger charge is 2.18. The normalized spacial score (nSPS) is 11.0. The first-order valence-corrected chi connectivity index (χ1v) is 11.6. The van der Waals surface area contributed by atoms with Gasteiger partial charge in [0.1, 0.15) is 5.75 Å². The fourth-order valence-corrected chi connectivity index (χ4v) is 3.76. The Morgan fingerprint density at radius 3 is 2.23 bits per heavy atom. The van der Waals surface area contributed by atoms with E-state index in [-0.39, 0.29) is 19.1 Å². The third-order valence-electron chi connectivity index (χ3n) is 4.58. The molecular formula is C23H25N3O4S. The lowest BCUT2D eigenvalue weighted by atomic mass is 10.1. The molecule has 0 atom stereocenters. The van der Waals surface area contributed by atoms with E-state index < -0.39 is 10.0 Å². The molecule has 0 bridgehead atoms. The summed E-state index contributed by atoms with van der Waals surface area (Å²) in [7, 11) is -3.47. The zero-order valence-electron chi connectivity index (χ0n) is 17.5. The van der Waals surface area contributed by atoms with E-state index in [9.17, 15) is 13.2 Å². The zero-order chi connectivity index (χ0) is 22.3. The summed E-state index contributed by atoms with van der Waals surface area (Å²) < 4.78 is 31.5. The van der Waals surface area contributed by atoms with E-state index in [2.05, 4.69) is 10.3 Å². The molecule has 0 aliphatic rings. The number of anilines is 1. The number of ether oxygens (including phenoxy) is 1. The third kappa shape index (κ3) is 6.82. The minimum Gasteiger partial charge on any atom is -0.484 e. The molecule has 8 heteroatoms. The van der Waals surface area contributed by atoms with Crippen LogP contribution >= 0.6 is 0 Å². The standard InChI is InChI=1S/C23H25N3O4S/c1-18-3-5-20(6-4-18)16-26(31(2,28)29)21-7-9-22(10-8-21)30-17-23(27)25-15-19-11-13-24-14-12-19/h3-14H,15-17H2,1-2H3,(H,25,27). The first kappa shape index (κ1) is 22.3. The second-order valence-corrected chi connectivity index (χ2v) is 9.08. The highest BCUT2D eigenvalue weighted by molar-refractivity contribution is 7.92. The number of nitrogens with zero attached hydrogens (tertiary/aromatic N) is 2. The van der Waals surface area contributed by atoms with Gasteiger partial charge in [-0.1, -0.05) is 29.8 Å². The Labute approximate surface area is 182 Å². The number of nitrogens with one attached hydrogen (secondary N) is 1. The lowest BCUT2D eigenvalue weighted by Gasteiger charge is -2.23. The molecule has 7 nitrogen and oxygen atoms in total. The molecule has 1 amide bonds. The van der Waals surface area contributed by atoms with Crippen molar-refractivity contribution in [3.8, 4) is 5.75 Å². The Bertz CT molecular complexity index is 1100. The smallest absolute Gasteiger partial charge is 0.258 e. The molecule has 3 rings (SSSR count). The minimum atomic E-state index is -3.47. The number of aromatic nitrogens is 1. The summed E-state index contributed by atoms with van der Waals surface area (Å²) in [6, 6.07) is 18.0. The summed E-state index contributed by atoms with van der Waals surface area (Å²) >= 11 is 0. The molecule has 0 saturated heterocycles. The van der Waals surface area contributed by atoms with Gasteiger partial charge in [-0.3, -0.25) is 14.1 Å². The van der Waals surface area contributed by atoms with E-state index in [0.717, 1.165) is 16.7 Å². The molecule has 1 N–H and O–H groups in total. The number of carbonyl (C=O) groups is 1. The number of pyridine rings is 1. The molecule has 0 unspecified atom stereocenters. The van der Waals surface area contributed by atoms with Crippen molar-refractivity contribution >= 4 is 21.6 Å². The Hall–Kier alpha value is -3.39. The molecule has 31 heavy (non-hydrogen) atoms. The number of hydrogen-bond acceptors (Lipinski definition) is 5. The van der Waals surface area contributed by atoms with Gasteiger partial charge < -0.3 is 10.1 Å². The Kier molecular flexibility index (Phi) is 7.25. The first-order valence-electron chi connectivity index (χ1n) is 9.73. The van der Waals surface area contributed by atoms with Gasteiger partial charge in [-0.15, -0.1) is 0 Å². The van der Waals surface area contributed by atoms with E-state index in [0.29, 0.717) is 18.0 Å². The van der Waals surface area contributed by atoms with Crippen molar-refractivity contribution in [2.24, 2.45) is 0 Å². The molecule has 0 fully saturated rings. The number of amides is 1. The van der Waals surface area contributed by atoms with Gasteiger partial charge >= 0.3 is 0 Å². The number of aryl methyl sites for hydroxylation is 1. The quantitative estimate of drug-likeness (QED) is 0.554. The maximum absolute atomic E-state index is 12.3. The van der Waals surface area contributed by atoms with Crippen LogP contribution in [0.4, 0.5) is 5.69 Å². The van der Waals surface area contributed by atoms with Crippen molar-refractivity contribution in [2.75, 3.05) is 17.2 Å². The fraction of sp³-hybridized carbons (Fsp3) is 0.217. The molecule has 2 aromatic carbocycles. The van der Waals surface area contributed by atoms with Crippen LogP contribution in [0.1, 0.15) is 16.7 Å². The molecule has 3 aromatic rings. The summed E-state index contributed by atoms with van der Waals surface area (Å²) in [5.74, 6) is 0.227. The molecule has 162 valence electrons. The van der Waals surface area contributed by atoms with Crippen molar-refractivity contribution in [1.29, 1.82) is 0 Å². The molecule has 0 aliphatic heterocycles. The lowest BCUT2D eigenvalue weighted by Crippen LogP contribution is -2.29. The summed E-state index contributed by atoms with van der Waals surface area (Å²) in [4.78, 5) is 15.9. The van der Waals surface area contributed by atoms with Crippen LogP contribution in [-0.4, -0.2) is 32.2 Å². The monoisotopic (exact) mass is 439 g/mol. The van der Waals surface area contributed by atoms with E-state index in [4.69, 9.17) is 4.74 Å². The van der Waals surface area contributed by atoms with E-state index in [1.165, 1.54) is 10.6 Å². The average Bonchev–Trinajstić information content (AvgIpc) is 2.76. The van der Waals surface area contributed by atoms with Gasteiger partial charge in [0.2, 0.25) is 10.0 Å². The summed E-state index contributed by atoms with van der Waals surface area (Å²) in [6.07, 6.45) is 4.51. The van der Waals surface area contributed by atoms with Crippen molar-refractivity contribution < 1.29 is 17.9 Å². The summed E-state index contributed by atoms with van der Waals surface area (Å²) in [6.45, 7) is 2.47. The predicted molar refractivity (Wildman–Crippen MR) is 120 cm³/mol. The van der Waals surface area contributed by atoms with Crippen LogP contribution in [-0.2, 0) is 27.9 Å². The maximum atomic E-state index is 12.3. The van der Waals surface area contributed by atoms with Crippen molar-refractivity contribution in [2.45, 2.75) is 20.0 Å². The van der Waals surface area contributed by atoms with Gasteiger partial charge in [0.05, 0.1) is 18.5 Å². The Morgan fingerprint density at radius 1 is 0.968 bits per heavy atom. The van der Waals surface area contributed by atoms with Crippen LogP contribution in [0, 0.1) is 6.92 Å². The number of benzene rings is 2. The van der Waals surface area contributed by atoms with Crippen LogP contribution in [0.25, 0.3) is 0 Å². The lowest BCUT2D eigenvalue weighted by molar-refractivity contribution is -0.123. The van der Waals surface area contributed by atoms with Gasteiger partial charge in [0.25, 0.3) is 5.91 Å². The highest BCUT2D eigenvalue weighted by atomic mass is 32.2. The minimum absolute atomic E-state index is 0.135. The SMILES string of the molecule is Cc1ccc(CN(c2ccc(OCC(=O)NCc3ccncc3)cc2)S(C)(=O)=O)cc1. The maximum Gasteiger partial charge on any atom is 0.258 e. The fourth-order valence-electron chi connectivity index (χ4n) is 2.87. The number of rotatable bonds is 9. The largest absolute Gasteiger partial charge is 0.484 e. The molecule has 0 saturated carbocycles. The molecule has 0 spiro atoms. The van der Waals surface area contributed by atoms with Crippen molar-refractivity contribution in [3.63, 3.8) is 0 Å². The zero-order valence-corrected chi connectivity index (χ0v) is 18.3. The molecule has 0 aliphatic carbocycles. The second kappa shape index (κ2) is 10.1. The average molecular weight is 440 g/mol. The molecule has 1 aromatic heterocycles. The third-order valence-corrected chi connectivity index (χ3v) is 5.72. The Balaban J connectivity index is 1.59. The van der Waals surface area contributed by atoms with E-state index >= 15 is 0 Å². The van der Waals surface area contributed by atoms with Gasteiger partial charge in [0, 0.05) is 18.9 Å². The van der Waals surface area contributed by atoms with Gasteiger partial charge in [-0.2, -0.15) is 0 Å². The first-order chi connectivity index (χ1) is 14.8. The second-order valence-electron chi connectivity index (χ2n) is 7.17. The van der Waals surface area contributed by atoms with Gasteiger partial charge in [0.15, 0.2) is 6.61 Å². The van der Waals surface area contributed by atoms with Crippen LogP contribution < -0.4 is 14.4 Å². The predicted octanol–water partition coefficient (Wildman–Crippen LogP) is 3.05. The topological polar surface area (TPSA) is 88.6 Å². The molecule has 1 heterocycles. The van der Waals surface area contributed by atoms with Crippen molar-refractivity contribution in [3.05, 3.63) is 89.7 Å². The van der Waals surface area contributed by atoms with Crippen LogP contribution in [0.5, 0.6) is 5.75 Å². The van der Waals surface area contributed by atoms with E-state index in [1.807, 2.05) is 43.3 Å².